The zero-order valence-electron chi connectivity index (χ0n) is 10.9. The first kappa shape index (κ1) is 12.8. The molecule has 4 heterocycles. The summed E-state index contributed by atoms with van der Waals surface area (Å²) in [5, 5.41) is 12.0. The molecule has 4 rings (SSSR count). The summed E-state index contributed by atoms with van der Waals surface area (Å²) >= 11 is 0. The van der Waals surface area contributed by atoms with E-state index in [4.69, 9.17) is 14.6 Å². The second kappa shape index (κ2) is 5.84. The Kier molecular flexibility index (Phi) is 4.16. The first-order chi connectivity index (χ1) is 8.85. The van der Waals surface area contributed by atoms with Gasteiger partial charge in [0.2, 0.25) is 0 Å². The quantitative estimate of drug-likeness (QED) is 0.719. The molecule has 0 unspecified atom stereocenters. The molecule has 4 bridgehead atoms. The highest BCUT2D eigenvalue weighted by atomic mass is 16.5. The molecule has 5 heteroatoms. The van der Waals surface area contributed by atoms with Crippen LogP contribution in [0.2, 0.25) is 0 Å². The van der Waals surface area contributed by atoms with Crippen LogP contribution in [0.25, 0.3) is 0 Å². The van der Waals surface area contributed by atoms with Crippen molar-refractivity contribution in [3.63, 3.8) is 0 Å². The molecule has 104 valence electrons. The highest BCUT2D eigenvalue weighted by Gasteiger charge is 2.38. The molecule has 0 saturated carbocycles. The van der Waals surface area contributed by atoms with E-state index in [1.54, 1.807) is 0 Å². The molecule has 0 amide bonds. The van der Waals surface area contributed by atoms with Crippen molar-refractivity contribution in [2.45, 2.75) is 43.6 Å². The number of rotatable bonds is 3. The maximum atomic E-state index is 8.64. The average Bonchev–Trinajstić information content (AvgIpc) is 3.16. The van der Waals surface area contributed by atoms with Crippen molar-refractivity contribution in [2.24, 2.45) is 0 Å². The summed E-state index contributed by atoms with van der Waals surface area (Å²) in [5.74, 6) is 0. The molecular weight excluding hydrogens is 232 g/mol. The van der Waals surface area contributed by atoms with Gasteiger partial charge in [0.05, 0.1) is 25.4 Å². The SMILES string of the molecule is C1O[C@@H]2CN[C@H]1C2.OCCCN1C[C@@H]2C[C@H]1CO2. The maximum Gasteiger partial charge on any atom is 0.0718 e. The third-order valence-electron chi connectivity index (χ3n) is 4.33. The number of hydrogen-bond acceptors (Lipinski definition) is 5. The number of nitrogens with one attached hydrogen (secondary N) is 1. The van der Waals surface area contributed by atoms with E-state index in [1.807, 2.05) is 0 Å². The molecule has 0 aromatic carbocycles. The van der Waals surface area contributed by atoms with Crippen LogP contribution in [0, 0.1) is 0 Å². The number of nitrogens with zero attached hydrogens (tertiary/aromatic N) is 1. The van der Waals surface area contributed by atoms with Gasteiger partial charge in [0.25, 0.3) is 0 Å². The van der Waals surface area contributed by atoms with Crippen LogP contribution < -0.4 is 5.32 Å². The second-order valence-corrected chi connectivity index (χ2v) is 5.71. The molecule has 4 saturated heterocycles. The fourth-order valence-corrected chi connectivity index (χ4v) is 3.32. The summed E-state index contributed by atoms with van der Waals surface area (Å²) in [6.07, 6.45) is 4.43. The predicted octanol–water partition coefficient (Wildman–Crippen LogP) is -0.411. The summed E-state index contributed by atoms with van der Waals surface area (Å²) in [6.45, 7) is 5.39. The minimum absolute atomic E-state index is 0.314. The topological polar surface area (TPSA) is 54.0 Å². The fourth-order valence-electron chi connectivity index (χ4n) is 3.32. The standard InChI is InChI=1S/C8H15NO2.C5H9NO/c10-3-1-2-9-5-8-4-7(9)6-11-8;1-4-3-7-5(1)2-6-4/h7-8,10H,1-6H2;4-6H,1-3H2/t7-,8-;4-,5-/m00/s1. The molecule has 0 aromatic rings. The molecule has 0 radical (unpaired) electrons. The molecule has 4 aliphatic rings. The summed E-state index contributed by atoms with van der Waals surface area (Å²) in [4.78, 5) is 2.43. The van der Waals surface area contributed by atoms with Gasteiger partial charge in [-0.15, -0.1) is 0 Å². The van der Waals surface area contributed by atoms with E-state index in [0.717, 1.165) is 39.3 Å². The molecule has 5 nitrogen and oxygen atoms in total. The Morgan fingerprint density at radius 2 is 2.06 bits per heavy atom. The van der Waals surface area contributed by atoms with E-state index in [1.165, 1.54) is 12.8 Å². The third kappa shape index (κ3) is 2.86. The zero-order chi connectivity index (χ0) is 12.4. The van der Waals surface area contributed by atoms with Crippen LogP contribution in [-0.4, -0.2) is 73.8 Å². The largest absolute Gasteiger partial charge is 0.396 e. The molecule has 0 aliphatic carbocycles. The highest BCUT2D eigenvalue weighted by molar-refractivity contribution is 4.91. The van der Waals surface area contributed by atoms with Crippen LogP contribution in [0.5, 0.6) is 0 Å². The van der Waals surface area contributed by atoms with Gasteiger partial charge in [-0.05, 0) is 19.3 Å². The number of ether oxygens (including phenoxy) is 2. The minimum Gasteiger partial charge on any atom is -0.396 e. The van der Waals surface area contributed by atoms with Crippen LogP contribution in [-0.2, 0) is 9.47 Å². The lowest BCUT2D eigenvalue weighted by Crippen LogP contribution is -2.37. The lowest BCUT2D eigenvalue weighted by Gasteiger charge is -2.25. The number of morpholine rings is 2. The number of fused-ring (bicyclic) bond motifs is 4. The van der Waals surface area contributed by atoms with Crippen molar-refractivity contribution in [1.29, 1.82) is 0 Å². The van der Waals surface area contributed by atoms with E-state index in [-0.39, 0.29) is 0 Å². The van der Waals surface area contributed by atoms with Gasteiger partial charge >= 0.3 is 0 Å². The Balaban J connectivity index is 0.000000122. The van der Waals surface area contributed by atoms with Crippen molar-refractivity contribution in [1.82, 2.24) is 10.2 Å². The van der Waals surface area contributed by atoms with Crippen LogP contribution in [0.15, 0.2) is 0 Å². The molecule has 4 fully saturated rings. The summed E-state index contributed by atoms with van der Waals surface area (Å²) in [7, 11) is 0. The van der Waals surface area contributed by atoms with Crippen molar-refractivity contribution < 1.29 is 14.6 Å². The molecule has 2 N–H and O–H groups in total. The molecule has 0 aromatic heterocycles. The van der Waals surface area contributed by atoms with Crippen molar-refractivity contribution >= 4 is 0 Å². The van der Waals surface area contributed by atoms with E-state index < -0.39 is 0 Å². The molecule has 4 aliphatic heterocycles. The Hall–Kier alpha value is -0.200. The lowest BCUT2D eigenvalue weighted by atomic mass is 10.2. The number of aliphatic hydroxyl groups excluding tert-OH is 1. The lowest BCUT2D eigenvalue weighted by molar-refractivity contribution is 0.0284. The van der Waals surface area contributed by atoms with Crippen LogP contribution >= 0.6 is 0 Å². The molecule has 18 heavy (non-hydrogen) atoms. The minimum atomic E-state index is 0.314. The molecular formula is C13H24N2O3. The van der Waals surface area contributed by atoms with Gasteiger partial charge in [0, 0.05) is 38.3 Å². The van der Waals surface area contributed by atoms with Gasteiger partial charge in [0.1, 0.15) is 0 Å². The Bertz CT molecular complexity index is 259. The van der Waals surface area contributed by atoms with E-state index in [2.05, 4.69) is 10.2 Å². The monoisotopic (exact) mass is 256 g/mol. The summed E-state index contributed by atoms with van der Waals surface area (Å²) in [5.41, 5.74) is 0. The van der Waals surface area contributed by atoms with E-state index in [0.29, 0.717) is 30.9 Å². The van der Waals surface area contributed by atoms with Crippen molar-refractivity contribution in [2.75, 3.05) is 39.5 Å². The van der Waals surface area contributed by atoms with Gasteiger partial charge in [-0.25, -0.2) is 0 Å². The van der Waals surface area contributed by atoms with Gasteiger partial charge in [-0.3, -0.25) is 4.90 Å². The highest BCUT2D eigenvalue weighted by Crippen LogP contribution is 2.27. The Labute approximate surface area is 108 Å². The fraction of sp³-hybridized carbons (Fsp3) is 1.00. The van der Waals surface area contributed by atoms with Gasteiger partial charge in [-0.1, -0.05) is 0 Å². The normalized spacial score (nSPS) is 41.2. The molecule has 4 atom stereocenters. The van der Waals surface area contributed by atoms with Crippen molar-refractivity contribution in [3.05, 3.63) is 0 Å². The van der Waals surface area contributed by atoms with Gasteiger partial charge < -0.3 is 19.9 Å². The van der Waals surface area contributed by atoms with Crippen molar-refractivity contribution in [3.8, 4) is 0 Å². The second-order valence-electron chi connectivity index (χ2n) is 5.71. The van der Waals surface area contributed by atoms with Gasteiger partial charge in [0.15, 0.2) is 0 Å². The van der Waals surface area contributed by atoms with Gasteiger partial charge in [-0.2, -0.15) is 0 Å². The van der Waals surface area contributed by atoms with E-state index >= 15 is 0 Å². The third-order valence-corrected chi connectivity index (χ3v) is 4.33. The first-order valence-electron chi connectivity index (χ1n) is 7.16. The maximum absolute atomic E-state index is 8.64. The number of likely N-dealkylation sites (tertiary alicyclic amines) is 1. The van der Waals surface area contributed by atoms with Crippen LogP contribution in [0.3, 0.4) is 0 Å². The average molecular weight is 256 g/mol. The summed E-state index contributed by atoms with van der Waals surface area (Å²) < 4.78 is 10.7. The van der Waals surface area contributed by atoms with E-state index in [9.17, 15) is 0 Å². The predicted molar refractivity (Wildman–Crippen MR) is 67.6 cm³/mol. The number of aliphatic hydroxyl groups is 1. The number of hydrogen-bond donors (Lipinski definition) is 2. The molecule has 0 spiro atoms. The smallest absolute Gasteiger partial charge is 0.0718 e. The summed E-state index contributed by atoms with van der Waals surface area (Å²) in [6, 6.07) is 1.36. The Morgan fingerprint density at radius 1 is 1.17 bits per heavy atom. The first-order valence-corrected chi connectivity index (χ1v) is 7.16. The zero-order valence-corrected chi connectivity index (χ0v) is 10.9. The Morgan fingerprint density at radius 3 is 2.44 bits per heavy atom. The van der Waals surface area contributed by atoms with Crippen LogP contribution in [0.1, 0.15) is 19.3 Å². The van der Waals surface area contributed by atoms with Crippen LogP contribution in [0.4, 0.5) is 0 Å².